The number of nitrogens with one attached hydrogen (secondary N) is 1. The largest absolute Gasteiger partial charge is 0.306 e. The van der Waals surface area contributed by atoms with Gasteiger partial charge in [0.05, 0.1) is 0 Å². The molecule has 122 valence electrons. The van der Waals surface area contributed by atoms with Crippen molar-refractivity contribution in [3.8, 4) is 0 Å². The minimum Gasteiger partial charge on any atom is -0.306 e. The van der Waals surface area contributed by atoms with Crippen molar-refractivity contribution in [3.05, 3.63) is 40.7 Å². The molecule has 0 atom stereocenters. The Morgan fingerprint density at radius 3 is 2.65 bits per heavy atom. The van der Waals surface area contributed by atoms with Crippen LogP contribution in [0.25, 0.3) is 0 Å². The monoisotopic (exact) mass is 351 g/mol. The lowest BCUT2D eigenvalue weighted by Gasteiger charge is -2.25. The molecule has 0 bridgehead atoms. The Morgan fingerprint density at radius 2 is 1.96 bits per heavy atom. The summed E-state index contributed by atoms with van der Waals surface area (Å²) >= 11 is 1.12. The average molecular weight is 351 g/mol. The lowest BCUT2D eigenvalue weighted by Crippen LogP contribution is -2.36. The van der Waals surface area contributed by atoms with Gasteiger partial charge in [0.15, 0.2) is 0 Å². The standard InChI is InChI=1S/C15H17N3O3S2/c19-15(17-13-6-2-3-8-16-13)14-12(7-11-22-14)23(20,21)18-9-4-1-5-10-18/h2-3,6-8,11H,1,4-5,9-10H2,(H,16,17,19). The minimum absolute atomic E-state index is 0.0813. The van der Waals surface area contributed by atoms with Crippen molar-refractivity contribution < 1.29 is 13.2 Å². The number of anilines is 1. The summed E-state index contributed by atoms with van der Waals surface area (Å²) in [5.41, 5.74) is 0. The van der Waals surface area contributed by atoms with Crippen molar-refractivity contribution in [1.29, 1.82) is 0 Å². The number of carbonyl (C=O) groups is 1. The number of hydrogen-bond acceptors (Lipinski definition) is 5. The molecule has 1 amide bonds. The van der Waals surface area contributed by atoms with Crippen LogP contribution in [0.1, 0.15) is 28.9 Å². The molecule has 2 aromatic rings. The van der Waals surface area contributed by atoms with Crippen LogP contribution >= 0.6 is 11.3 Å². The van der Waals surface area contributed by atoms with Gasteiger partial charge in [-0.05, 0) is 36.4 Å². The van der Waals surface area contributed by atoms with Crippen LogP contribution in [0.2, 0.25) is 0 Å². The van der Waals surface area contributed by atoms with Gasteiger partial charge in [-0.2, -0.15) is 4.31 Å². The summed E-state index contributed by atoms with van der Waals surface area (Å²) in [5, 5.41) is 4.27. The summed E-state index contributed by atoms with van der Waals surface area (Å²) in [4.78, 5) is 16.7. The molecule has 23 heavy (non-hydrogen) atoms. The Labute approximate surface area is 139 Å². The van der Waals surface area contributed by atoms with Crippen LogP contribution < -0.4 is 5.32 Å². The van der Waals surface area contributed by atoms with Gasteiger partial charge in [-0.1, -0.05) is 12.5 Å². The van der Waals surface area contributed by atoms with Crippen LogP contribution in [0, 0.1) is 0 Å². The molecular weight excluding hydrogens is 334 g/mol. The molecule has 1 fully saturated rings. The third-order valence-corrected chi connectivity index (χ3v) is 6.66. The molecule has 3 heterocycles. The van der Waals surface area contributed by atoms with E-state index in [0.717, 1.165) is 30.6 Å². The maximum absolute atomic E-state index is 12.8. The Bertz CT molecular complexity index is 781. The molecule has 1 saturated heterocycles. The van der Waals surface area contributed by atoms with Gasteiger partial charge in [0.1, 0.15) is 15.6 Å². The third-order valence-electron chi connectivity index (χ3n) is 3.67. The third kappa shape index (κ3) is 3.44. The molecule has 1 aliphatic rings. The van der Waals surface area contributed by atoms with E-state index in [9.17, 15) is 13.2 Å². The van der Waals surface area contributed by atoms with Crippen LogP contribution in [0.3, 0.4) is 0 Å². The Morgan fingerprint density at radius 1 is 1.17 bits per heavy atom. The summed E-state index contributed by atoms with van der Waals surface area (Å²) in [7, 11) is -3.62. The van der Waals surface area contributed by atoms with Gasteiger partial charge < -0.3 is 5.32 Å². The molecule has 0 aliphatic carbocycles. The molecule has 1 aliphatic heterocycles. The summed E-state index contributed by atoms with van der Waals surface area (Å²) in [5.74, 6) is -0.0542. The van der Waals surface area contributed by atoms with Gasteiger partial charge in [-0.25, -0.2) is 13.4 Å². The number of rotatable bonds is 4. The van der Waals surface area contributed by atoms with E-state index in [0.29, 0.717) is 18.9 Å². The average Bonchev–Trinajstić information content (AvgIpc) is 3.07. The van der Waals surface area contributed by atoms with E-state index < -0.39 is 15.9 Å². The molecule has 8 heteroatoms. The number of piperidine rings is 1. The van der Waals surface area contributed by atoms with Crippen molar-refractivity contribution in [2.75, 3.05) is 18.4 Å². The molecule has 2 aromatic heterocycles. The number of pyridine rings is 1. The molecule has 0 radical (unpaired) electrons. The van der Waals surface area contributed by atoms with Gasteiger partial charge in [0.25, 0.3) is 5.91 Å². The number of amides is 1. The number of nitrogens with zero attached hydrogens (tertiary/aromatic N) is 2. The van der Waals surface area contributed by atoms with Gasteiger partial charge in [-0.3, -0.25) is 4.79 Å². The van der Waals surface area contributed by atoms with Crippen LogP contribution in [0.5, 0.6) is 0 Å². The summed E-state index contributed by atoms with van der Waals surface area (Å²) < 4.78 is 27.0. The highest BCUT2D eigenvalue weighted by Gasteiger charge is 2.31. The predicted molar refractivity (Wildman–Crippen MR) is 89.1 cm³/mol. The van der Waals surface area contributed by atoms with Crippen LogP contribution in [0.4, 0.5) is 5.82 Å². The zero-order valence-corrected chi connectivity index (χ0v) is 14.1. The number of hydrogen-bond donors (Lipinski definition) is 1. The van der Waals surface area contributed by atoms with E-state index in [1.54, 1.807) is 29.8 Å². The second-order valence-corrected chi connectivity index (χ2v) is 8.07. The van der Waals surface area contributed by atoms with Crippen molar-refractivity contribution in [2.24, 2.45) is 0 Å². The van der Waals surface area contributed by atoms with Crippen LogP contribution in [-0.2, 0) is 10.0 Å². The first-order valence-corrected chi connectivity index (χ1v) is 9.71. The van der Waals surface area contributed by atoms with Crippen LogP contribution in [-0.4, -0.2) is 36.7 Å². The fourth-order valence-corrected chi connectivity index (χ4v) is 5.33. The Hall–Kier alpha value is -1.77. The van der Waals surface area contributed by atoms with Gasteiger partial charge >= 0.3 is 0 Å². The smallest absolute Gasteiger partial charge is 0.268 e. The van der Waals surface area contributed by atoms with E-state index in [1.165, 1.54) is 10.4 Å². The Balaban J connectivity index is 1.85. The van der Waals surface area contributed by atoms with E-state index in [2.05, 4.69) is 10.3 Å². The highest BCUT2D eigenvalue weighted by Crippen LogP contribution is 2.27. The molecule has 0 saturated carbocycles. The summed E-state index contributed by atoms with van der Waals surface area (Å²) in [6.07, 6.45) is 4.33. The number of carbonyl (C=O) groups excluding carboxylic acids is 1. The summed E-state index contributed by atoms with van der Waals surface area (Å²) in [6, 6.07) is 6.65. The van der Waals surface area contributed by atoms with E-state index in [-0.39, 0.29) is 9.77 Å². The lowest BCUT2D eigenvalue weighted by atomic mass is 10.2. The first kappa shape index (κ1) is 16.1. The van der Waals surface area contributed by atoms with E-state index in [4.69, 9.17) is 0 Å². The summed E-state index contributed by atoms with van der Waals surface area (Å²) in [6.45, 7) is 1.03. The second-order valence-electron chi connectivity index (χ2n) is 5.25. The molecule has 0 aromatic carbocycles. The first-order valence-electron chi connectivity index (χ1n) is 7.39. The molecule has 0 spiro atoms. The van der Waals surface area contributed by atoms with Gasteiger partial charge in [-0.15, -0.1) is 11.3 Å². The number of sulfonamides is 1. The molecule has 1 N–H and O–H groups in total. The zero-order chi connectivity index (χ0) is 16.3. The van der Waals surface area contributed by atoms with Crippen molar-refractivity contribution >= 4 is 33.1 Å². The van der Waals surface area contributed by atoms with Crippen molar-refractivity contribution in [1.82, 2.24) is 9.29 Å². The molecular formula is C15H17N3O3S2. The normalized spacial score (nSPS) is 16.2. The minimum atomic E-state index is -3.62. The number of thiophene rings is 1. The zero-order valence-electron chi connectivity index (χ0n) is 12.4. The maximum atomic E-state index is 12.8. The Kier molecular flexibility index (Phi) is 4.74. The molecule has 6 nitrogen and oxygen atoms in total. The molecule has 3 rings (SSSR count). The SMILES string of the molecule is O=C(Nc1ccccn1)c1sccc1S(=O)(=O)N1CCCCC1. The van der Waals surface area contributed by atoms with E-state index in [1.807, 2.05) is 0 Å². The topological polar surface area (TPSA) is 79.4 Å². The molecule has 0 unspecified atom stereocenters. The van der Waals surface area contributed by atoms with Crippen LogP contribution in [0.15, 0.2) is 40.7 Å². The quantitative estimate of drug-likeness (QED) is 0.918. The maximum Gasteiger partial charge on any atom is 0.268 e. The predicted octanol–water partition coefficient (Wildman–Crippen LogP) is 2.57. The van der Waals surface area contributed by atoms with Crippen molar-refractivity contribution in [2.45, 2.75) is 24.2 Å². The van der Waals surface area contributed by atoms with Gasteiger partial charge in [0.2, 0.25) is 10.0 Å². The fraction of sp³-hybridized carbons (Fsp3) is 0.333. The second kappa shape index (κ2) is 6.77. The first-order chi connectivity index (χ1) is 11.1. The lowest BCUT2D eigenvalue weighted by molar-refractivity contribution is 0.102. The highest BCUT2D eigenvalue weighted by atomic mass is 32.2. The van der Waals surface area contributed by atoms with E-state index >= 15 is 0 Å². The number of aromatic nitrogens is 1. The van der Waals surface area contributed by atoms with Gasteiger partial charge in [0, 0.05) is 19.3 Å². The fourth-order valence-electron chi connectivity index (χ4n) is 2.52. The highest BCUT2D eigenvalue weighted by molar-refractivity contribution is 7.89. The van der Waals surface area contributed by atoms with Crippen molar-refractivity contribution in [3.63, 3.8) is 0 Å².